The van der Waals surface area contributed by atoms with Crippen LogP contribution in [0.15, 0.2) is 72.8 Å². The van der Waals surface area contributed by atoms with E-state index in [4.69, 9.17) is 0 Å². The molecule has 0 saturated carbocycles. The molecule has 14 heteroatoms. The Bertz CT molecular complexity index is 2290. The summed E-state index contributed by atoms with van der Waals surface area (Å²) in [5, 5.41) is 7.71. The van der Waals surface area contributed by atoms with Gasteiger partial charge >= 0.3 is 31.3 Å². The van der Waals surface area contributed by atoms with Crippen molar-refractivity contribution < 1.29 is 51.5 Å². The van der Waals surface area contributed by atoms with Crippen LogP contribution >= 0.6 is 0 Å². The minimum Gasteiger partial charge on any atom is -0.376 e. The van der Waals surface area contributed by atoms with Gasteiger partial charge in [0.15, 0.2) is 0 Å². The molecule has 0 heterocycles. The van der Waals surface area contributed by atoms with Gasteiger partial charge in [0.25, 0.3) is 0 Å². The Hall–Kier alpha value is -4.30. The number of benzene rings is 5. The summed E-state index contributed by atoms with van der Waals surface area (Å²) in [6, 6.07) is 18.2. The average Bonchev–Trinajstić information content (AvgIpc) is 3.40. The van der Waals surface area contributed by atoms with Crippen LogP contribution < -0.4 is 8.37 Å². The normalized spacial score (nSPS) is 13.9. The van der Waals surface area contributed by atoms with Crippen molar-refractivity contribution in [3.05, 3.63) is 72.8 Å². The fraction of sp³-hybridized carbons (Fsp3) is 0.0714. The Kier molecular flexibility index (Phi) is 5.17. The van der Waals surface area contributed by atoms with E-state index in [9.17, 15) is 43.2 Å². The summed E-state index contributed by atoms with van der Waals surface area (Å²) >= 11 is 0. The minimum absolute atomic E-state index is 0.455. The highest BCUT2D eigenvalue weighted by Gasteiger charge is 2.49. The molecule has 0 N–H and O–H groups in total. The number of hydrogen-bond acceptors (Lipinski definition) is 6. The SMILES string of the molecule is O=S(=O)(Oc1ccc2c(c1)c1cccc3c1c2c1cccc2c4cc(OS(=O)(=O)C(F)(F)F)ccc4c3c21)C(F)(F)F. The molecule has 7 rings (SSSR count). The van der Waals surface area contributed by atoms with Crippen molar-refractivity contribution in [2.45, 2.75) is 11.0 Å². The van der Waals surface area contributed by atoms with E-state index in [0.29, 0.717) is 32.3 Å². The fourth-order valence-electron chi connectivity index (χ4n) is 5.72. The molecule has 0 amide bonds. The first-order chi connectivity index (χ1) is 19.6. The van der Waals surface area contributed by atoms with Crippen molar-refractivity contribution in [1.29, 1.82) is 0 Å². The molecule has 0 bridgehead atoms. The summed E-state index contributed by atoms with van der Waals surface area (Å²) in [7, 11) is -11.8. The van der Waals surface area contributed by atoms with Gasteiger partial charge < -0.3 is 8.37 Å². The van der Waals surface area contributed by atoms with E-state index >= 15 is 0 Å². The highest BCUT2D eigenvalue weighted by molar-refractivity contribution is 7.88. The highest BCUT2D eigenvalue weighted by atomic mass is 32.2. The smallest absolute Gasteiger partial charge is 0.376 e. The number of halogens is 6. The molecule has 214 valence electrons. The van der Waals surface area contributed by atoms with Crippen molar-refractivity contribution in [3.8, 4) is 11.5 Å². The van der Waals surface area contributed by atoms with Crippen LogP contribution in [0.2, 0.25) is 0 Å². The van der Waals surface area contributed by atoms with Crippen LogP contribution in [-0.2, 0) is 20.2 Å². The molecule has 0 aromatic heterocycles. The lowest BCUT2D eigenvalue weighted by Gasteiger charge is -2.09. The third-order valence-corrected chi connectivity index (χ3v) is 9.21. The van der Waals surface area contributed by atoms with Crippen LogP contribution in [-0.4, -0.2) is 27.9 Å². The average molecular weight is 623 g/mol. The van der Waals surface area contributed by atoms with Gasteiger partial charge in [-0.2, -0.15) is 43.2 Å². The molecule has 0 spiro atoms. The van der Waals surface area contributed by atoms with Gasteiger partial charge in [0, 0.05) is 0 Å². The van der Waals surface area contributed by atoms with E-state index in [1.54, 1.807) is 24.3 Å². The van der Waals surface area contributed by atoms with E-state index in [0.717, 1.165) is 44.5 Å². The summed E-state index contributed by atoms with van der Waals surface area (Å²) < 4.78 is 133. The van der Waals surface area contributed by atoms with Crippen molar-refractivity contribution in [3.63, 3.8) is 0 Å². The zero-order chi connectivity index (χ0) is 30.0. The molecular weight excluding hydrogens is 610 g/mol. The monoisotopic (exact) mass is 622 g/mol. The maximum atomic E-state index is 12.9. The topological polar surface area (TPSA) is 86.7 Å². The second kappa shape index (κ2) is 8.16. The molecule has 0 aliphatic heterocycles. The highest BCUT2D eigenvalue weighted by Crippen LogP contribution is 2.51. The predicted molar refractivity (Wildman–Crippen MR) is 145 cm³/mol. The Morgan fingerprint density at radius 1 is 0.429 bits per heavy atom. The van der Waals surface area contributed by atoms with E-state index < -0.39 is 42.8 Å². The van der Waals surface area contributed by atoms with Gasteiger partial charge in [-0.05, 0) is 101 Å². The summed E-state index contributed by atoms with van der Waals surface area (Å²) in [5.74, 6) is -1.03. The van der Waals surface area contributed by atoms with Gasteiger partial charge in [0.1, 0.15) is 11.5 Å². The summed E-state index contributed by atoms with van der Waals surface area (Å²) in [6.07, 6.45) is 0. The van der Waals surface area contributed by atoms with Gasteiger partial charge in [0.2, 0.25) is 0 Å². The van der Waals surface area contributed by atoms with E-state index in [-0.39, 0.29) is 0 Å². The lowest BCUT2D eigenvalue weighted by molar-refractivity contribution is -0.0504. The fourth-order valence-corrected chi connectivity index (χ4v) is 6.62. The van der Waals surface area contributed by atoms with Crippen LogP contribution in [0.5, 0.6) is 11.5 Å². The van der Waals surface area contributed by atoms with Crippen molar-refractivity contribution in [2.75, 3.05) is 0 Å². The molecule has 6 nitrogen and oxygen atoms in total. The number of fused-ring (bicyclic) bond motifs is 8. The largest absolute Gasteiger partial charge is 0.534 e. The van der Waals surface area contributed by atoms with Crippen molar-refractivity contribution in [1.82, 2.24) is 0 Å². The molecular formula is C28H12F6O6S2. The molecule has 0 radical (unpaired) electrons. The third-order valence-electron chi connectivity index (χ3n) is 7.25. The maximum absolute atomic E-state index is 12.9. The van der Waals surface area contributed by atoms with Crippen molar-refractivity contribution in [2.24, 2.45) is 0 Å². The maximum Gasteiger partial charge on any atom is 0.534 e. The molecule has 0 fully saturated rings. The Morgan fingerprint density at radius 2 is 0.738 bits per heavy atom. The summed E-state index contributed by atoms with van der Waals surface area (Å²) in [6.45, 7) is 0. The van der Waals surface area contributed by atoms with Crippen LogP contribution in [0, 0.1) is 0 Å². The second-order valence-electron chi connectivity index (χ2n) is 9.59. The minimum atomic E-state index is -5.89. The quantitative estimate of drug-likeness (QED) is 0.0858. The molecule has 0 atom stereocenters. The van der Waals surface area contributed by atoms with Gasteiger partial charge in [-0.1, -0.05) is 36.4 Å². The van der Waals surface area contributed by atoms with Crippen LogP contribution in [0.1, 0.15) is 0 Å². The Balaban J connectivity index is 1.53. The zero-order valence-corrected chi connectivity index (χ0v) is 22.1. The van der Waals surface area contributed by atoms with Crippen LogP contribution in [0.25, 0.3) is 64.6 Å². The lowest BCUT2D eigenvalue weighted by atomic mass is 9.95. The van der Waals surface area contributed by atoms with Crippen LogP contribution in [0.4, 0.5) is 26.3 Å². The standard InChI is InChI=1S/C28H12F6O6S2/c29-27(30,31)41(35,36)39-13-7-9-17-21(11-13)15-3-1-5-19-23(15)26(17)20-6-2-4-16-22-12-14(40-42(37,38)28(32,33)34)8-10-18(22)25(19)24(16)20/h1-12H. The summed E-state index contributed by atoms with van der Waals surface area (Å²) in [5.41, 5.74) is -11.2. The molecule has 0 unspecified atom stereocenters. The first-order valence-corrected chi connectivity index (χ1v) is 14.7. The Morgan fingerprint density at radius 3 is 1.07 bits per heavy atom. The number of rotatable bonds is 4. The first kappa shape index (κ1) is 26.6. The van der Waals surface area contributed by atoms with Gasteiger partial charge in [-0.15, -0.1) is 0 Å². The zero-order valence-electron chi connectivity index (χ0n) is 20.5. The molecule has 7 aromatic rings. The molecule has 0 aliphatic rings. The second-order valence-corrected chi connectivity index (χ2v) is 12.7. The van der Waals surface area contributed by atoms with E-state index in [1.165, 1.54) is 24.3 Å². The Labute approximate surface area is 231 Å². The summed E-state index contributed by atoms with van der Waals surface area (Å²) in [4.78, 5) is 0. The third kappa shape index (κ3) is 3.57. The predicted octanol–water partition coefficient (Wildman–Crippen LogP) is 7.94. The molecule has 7 aromatic carbocycles. The van der Waals surface area contributed by atoms with Crippen LogP contribution in [0.3, 0.4) is 0 Å². The molecule has 42 heavy (non-hydrogen) atoms. The van der Waals surface area contributed by atoms with E-state index in [2.05, 4.69) is 8.37 Å². The molecule has 0 saturated heterocycles. The number of hydrogen-bond donors (Lipinski definition) is 0. The number of alkyl halides is 6. The van der Waals surface area contributed by atoms with Gasteiger partial charge in [-0.25, -0.2) is 0 Å². The first-order valence-electron chi connectivity index (χ1n) is 11.9. The lowest BCUT2D eigenvalue weighted by Crippen LogP contribution is -2.28. The van der Waals surface area contributed by atoms with E-state index in [1.807, 2.05) is 12.1 Å². The van der Waals surface area contributed by atoms with Gasteiger partial charge in [-0.3, -0.25) is 0 Å². The molecule has 0 aliphatic carbocycles. The van der Waals surface area contributed by atoms with Crippen molar-refractivity contribution >= 4 is 84.9 Å². The van der Waals surface area contributed by atoms with Gasteiger partial charge in [0.05, 0.1) is 0 Å².